The summed E-state index contributed by atoms with van der Waals surface area (Å²) in [6.45, 7) is 5.88. The molecule has 1 aliphatic heterocycles. The van der Waals surface area contributed by atoms with E-state index in [0.29, 0.717) is 0 Å². The predicted octanol–water partition coefficient (Wildman–Crippen LogP) is 2.35. The van der Waals surface area contributed by atoms with E-state index in [4.69, 9.17) is 0 Å². The monoisotopic (exact) mass is 292 g/mol. The van der Waals surface area contributed by atoms with E-state index < -0.39 is 11.7 Å². The molecule has 0 bridgehead atoms. The second-order valence-electron chi connectivity index (χ2n) is 5.90. The Morgan fingerprint density at radius 1 is 1.43 bits per heavy atom. The van der Waals surface area contributed by atoms with Crippen molar-refractivity contribution >= 4 is 17.5 Å². The summed E-state index contributed by atoms with van der Waals surface area (Å²) in [6, 6.07) is 4.85. The molecule has 1 aromatic carbocycles. The van der Waals surface area contributed by atoms with Gasteiger partial charge in [-0.05, 0) is 38.5 Å². The molecule has 1 aliphatic rings. The molecule has 4 nitrogen and oxygen atoms in total. The lowest BCUT2D eigenvalue weighted by Crippen LogP contribution is -2.38. The molecule has 0 N–H and O–H groups in total. The van der Waals surface area contributed by atoms with Crippen molar-refractivity contribution < 1.29 is 14.0 Å². The van der Waals surface area contributed by atoms with Gasteiger partial charge in [0.05, 0.1) is 11.6 Å². The summed E-state index contributed by atoms with van der Waals surface area (Å²) in [5.41, 5.74) is 1.06. The van der Waals surface area contributed by atoms with Crippen LogP contribution in [-0.2, 0) is 9.59 Å². The van der Waals surface area contributed by atoms with Crippen LogP contribution in [0.4, 0.5) is 10.1 Å². The van der Waals surface area contributed by atoms with Gasteiger partial charge in [-0.1, -0.05) is 6.07 Å². The highest BCUT2D eigenvalue weighted by molar-refractivity contribution is 6.00. The Hall–Kier alpha value is -1.91. The fourth-order valence-corrected chi connectivity index (χ4v) is 2.48. The van der Waals surface area contributed by atoms with Gasteiger partial charge in [-0.2, -0.15) is 0 Å². The number of nitrogens with zero attached hydrogens (tertiary/aromatic N) is 2. The van der Waals surface area contributed by atoms with Crippen molar-refractivity contribution in [3.05, 3.63) is 29.6 Å². The molecule has 0 saturated carbocycles. The highest BCUT2D eigenvalue weighted by atomic mass is 19.1. The molecule has 1 unspecified atom stereocenters. The molecule has 0 radical (unpaired) electrons. The first-order valence-electron chi connectivity index (χ1n) is 7.14. The fraction of sp³-hybridized carbons (Fsp3) is 0.500. The maximum Gasteiger partial charge on any atom is 0.227 e. The molecule has 0 aliphatic carbocycles. The van der Waals surface area contributed by atoms with E-state index in [1.54, 1.807) is 31.0 Å². The topological polar surface area (TPSA) is 40.6 Å². The molecule has 2 amide bonds. The zero-order valence-corrected chi connectivity index (χ0v) is 12.9. The van der Waals surface area contributed by atoms with Gasteiger partial charge in [0.2, 0.25) is 11.8 Å². The van der Waals surface area contributed by atoms with Gasteiger partial charge in [-0.3, -0.25) is 9.59 Å². The first kappa shape index (κ1) is 15.5. The largest absolute Gasteiger partial charge is 0.343 e. The molecule has 21 heavy (non-hydrogen) atoms. The average molecular weight is 292 g/mol. The number of amides is 2. The lowest BCUT2D eigenvalue weighted by Gasteiger charge is -2.24. The minimum atomic E-state index is -0.423. The molecule has 1 aromatic rings. The van der Waals surface area contributed by atoms with Crippen molar-refractivity contribution in [3.63, 3.8) is 0 Å². The number of benzene rings is 1. The van der Waals surface area contributed by atoms with Crippen LogP contribution in [0.3, 0.4) is 0 Å². The first-order valence-corrected chi connectivity index (χ1v) is 7.14. The quantitative estimate of drug-likeness (QED) is 0.858. The summed E-state index contributed by atoms with van der Waals surface area (Å²) in [6.07, 6.45) is 0.142. The van der Waals surface area contributed by atoms with Crippen molar-refractivity contribution in [1.29, 1.82) is 0 Å². The first-order chi connectivity index (χ1) is 9.81. The smallest absolute Gasteiger partial charge is 0.227 e. The van der Waals surface area contributed by atoms with E-state index in [2.05, 4.69) is 0 Å². The van der Waals surface area contributed by atoms with Crippen LogP contribution in [0.25, 0.3) is 0 Å². The Kier molecular flexibility index (Phi) is 4.30. The third-order valence-electron chi connectivity index (χ3n) is 3.99. The SMILES string of the molecule is Cc1ccc(N2CC(C(=O)N(C)C(C)C)CC2=O)c(F)c1. The van der Waals surface area contributed by atoms with Crippen LogP contribution in [0.1, 0.15) is 25.8 Å². The normalized spacial score (nSPS) is 18.5. The predicted molar refractivity (Wildman–Crippen MR) is 79.5 cm³/mol. The summed E-state index contributed by atoms with van der Waals surface area (Å²) < 4.78 is 14.0. The molecule has 114 valence electrons. The van der Waals surface area contributed by atoms with Crippen LogP contribution in [-0.4, -0.2) is 36.3 Å². The van der Waals surface area contributed by atoms with Crippen LogP contribution in [0.2, 0.25) is 0 Å². The fourth-order valence-electron chi connectivity index (χ4n) is 2.48. The number of rotatable bonds is 3. The van der Waals surface area contributed by atoms with E-state index in [0.717, 1.165) is 5.56 Å². The Labute approximate surface area is 124 Å². The van der Waals surface area contributed by atoms with Crippen molar-refractivity contribution in [3.8, 4) is 0 Å². The van der Waals surface area contributed by atoms with Crippen molar-refractivity contribution in [2.45, 2.75) is 33.2 Å². The van der Waals surface area contributed by atoms with Crippen LogP contribution >= 0.6 is 0 Å². The number of carbonyl (C=O) groups is 2. The van der Waals surface area contributed by atoms with Gasteiger partial charge in [0.15, 0.2) is 0 Å². The van der Waals surface area contributed by atoms with Crippen molar-refractivity contribution in [2.75, 3.05) is 18.5 Å². The van der Waals surface area contributed by atoms with E-state index >= 15 is 0 Å². The van der Waals surface area contributed by atoms with Crippen LogP contribution in [0.5, 0.6) is 0 Å². The lowest BCUT2D eigenvalue weighted by molar-refractivity contribution is -0.135. The zero-order valence-electron chi connectivity index (χ0n) is 12.9. The zero-order chi connectivity index (χ0) is 15.7. The van der Waals surface area contributed by atoms with E-state index in [-0.39, 0.29) is 36.5 Å². The highest BCUT2D eigenvalue weighted by Crippen LogP contribution is 2.29. The second-order valence-corrected chi connectivity index (χ2v) is 5.90. The minimum absolute atomic E-state index is 0.0617. The molecule has 5 heteroatoms. The van der Waals surface area contributed by atoms with E-state index in [1.165, 1.54) is 11.0 Å². The summed E-state index contributed by atoms with van der Waals surface area (Å²) in [4.78, 5) is 27.4. The Morgan fingerprint density at radius 3 is 2.67 bits per heavy atom. The van der Waals surface area contributed by atoms with Crippen molar-refractivity contribution in [2.24, 2.45) is 5.92 Å². The third kappa shape index (κ3) is 3.06. The summed E-state index contributed by atoms with van der Waals surface area (Å²) >= 11 is 0. The highest BCUT2D eigenvalue weighted by Gasteiger charge is 2.37. The maximum absolute atomic E-state index is 14.0. The Balaban J connectivity index is 2.18. The average Bonchev–Trinajstić information content (AvgIpc) is 2.79. The minimum Gasteiger partial charge on any atom is -0.343 e. The summed E-state index contributed by atoms with van der Waals surface area (Å²) in [5, 5.41) is 0. The van der Waals surface area contributed by atoms with Gasteiger partial charge in [0.25, 0.3) is 0 Å². The van der Waals surface area contributed by atoms with Crippen LogP contribution in [0, 0.1) is 18.7 Å². The molecule has 1 atom stereocenters. The van der Waals surface area contributed by atoms with Crippen molar-refractivity contribution in [1.82, 2.24) is 4.90 Å². The Bertz CT molecular complexity index is 571. The third-order valence-corrected chi connectivity index (χ3v) is 3.99. The molecule has 0 aromatic heterocycles. The van der Waals surface area contributed by atoms with E-state index in [9.17, 15) is 14.0 Å². The van der Waals surface area contributed by atoms with Gasteiger partial charge in [0.1, 0.15) is 5.82 Å². The number of carbonyl (C=O) groups excluding carboxylic acids is 2. The molecular formula is C16H21FN2O2. The lowest BCUT2D eigenvalue weighted by atomic mass is 10.1. The number of anilines is 1. The molecule has 1 saturated heterocycles. The van der Waals surface area contributed by atoms with Gasteiger partial charge < -0.3 is 9.80 Å². The number of hydrogen-bond acceptors (Lipinski definition) is 2. The van der Waals surface area contributed by atoms with Gasteiger partial charge in [-0.15, -0.1) is 0 Å². The number of halogens is 1. The molecule has 1 heterocycles. The van der Waals surface area contributed by atoms with Crippen LogP contribution < -0.4 is 4.90 Å². The van der Waals surface area contributed by atoms with E-state index in [1.807, 2.05) is 13.8 Å². The van der Waals surface area contributed by atoms with Gasteiger partial charge >= 0.3 is 0 Å². The number of aryl methyl sites for hydroxylation is 1. The van der Waals surface area contributed by atoms with Gasteiger partial charge in [0, 0.05) is 26.1 Å². The molecule has 2 rings (SSSR count). The molecular weight excluding hydrogens is 271 g/mol. The maximum atomic E-state index is 14.0. The molecule has 0 spiro atoms. The second kappa shape index (κ2) is 5.84. The Morgan fingerprint density at radius 2 is 2.10 bits per heavy atom. The van der Waals surface area contributed by atoms with Gasteiger partial charge in [-0.25, -0.2) is 4.39 Å². The number of hydrogen-bond donors (Lipinski definition) is 0. The summed E-state index contributed by atoms with van der Waals surface area (Å²) in [5.74, 6) is -1.08. The molecule has 1 fully saturated rings. The van der Waals surface area contributed by atoms with Crippen LogP contribution in [0.15, 0.2) is 18.2 Å². The summed E-state index contributed by atoms with van der Waals surface area (Å²) in [7, 11) is 1.73. The standard InChI is InChI=1S/C16H21FN2O2/c1-10(2)18(4)16(21)12-8-15(20)19(9-12)14-6-5-11(3)7-13(14)17/h5-7,10,12H,8-9H2,1-4H3.